The fourth-order valence-corrected chi connectivity index (χ4v) is 4.01. The Morgan fingerprint density at radius 2 is 2.08 bits per heavy atom. The molecule has 0 saturated carbocycles. The van der Waals surface area contributed by atoms with Gasteiger partial charge < -0.3 is 14.4 Å². The van der Waals surface area contributed by atoms with E-state index in [0.29, 0.717) is 24.2 Å². The number of benzene rings is 1. The zero-order valence-corrected chi connectivity index (χ0v) is 14.1. The van der Waals surface area contributed by atoms with E-state index >= 15 is 0 Å². The first kappa shape index (κ1) is 15.3. The summed E-state index contributed by atoms with van der Waals surface area (Å²) in [6.45, 7) is 2.25. The van der Waals surface area contributed by atoms with E-state index in [9.17, 15) is 14.7 Å². The smallest absolute Gasteiger partial charge is 0.315 e. The van der Waals surface area contributed by atoms with Crippen molar-refractivity contribution in [2.75, 3.05) is 0 Å². The number of esters is 1. The Hall–Kier alpha value is -2.99. The molecule has 4 heterocycles. The molecular formula is C20H16N2O4. The zero-order chi connectivity index (χ0) is 18.0. The monoisotopic (exact) mass is 348 g/mol. The fraction of sp³-hybridized carbons (Fsp3) is 0.250. The molecule has 26 heavy (non-hydrogen) atoms. The normalized spacial score (nSPS) is 20.5. The van der Waals surface area contributed by atoms with E-state index in [4.69, 9.17) is 9.72 Å². The second kappa shape index (κ2) is 5.25. The lowest BCUT2D eigenvalue weighted by molar-refractivity contribution is -0.175. The number of nitrogens with zero attached hydrogens (tertiary/aromatic N) is 2. The Kier molecular flexibility index (Phi) is 3.09. The molecule has 0 saturated heterocycles. The van der Waals surface area contributed by atoms with Gasteiger partial charge in [0, 0.05) is 10.9 Å². The maximum absolute atomic E-state index is 13.0. The molecular weight excluding hydrogens is 332 g/mol. The van der Waals surface area contributed by atoms with E-state index < -0.39 is 18.2 Å². The number of rotatable bonds is 1. The van der Waals surface area contributed by atoms with Crippen molar-refractivity contribution in [1.82, 2.24) is 9.55 Å². The molecule has 2 atom stereocenters. The van der Waals surface area contributed by atoms with Crippen LogP contribution in [0.3, 0.4) is 0 Å². The Bertz CT molecular complexity index is 1150. The Morgan fingerprint density at radius 1 is 1.27 bits per heavy atom. The van der Waals surface area contributed by atoms with E-state index in [0.717, 1.165) is 22.2 Å². The maximum atomic E-state index is 13.0. The van der Waals surface area contributed by atoms with Gasteiger partial charge >= 0.3 is 5.97 Å². The van der Waals surface area contributed by atoms with Gasteiger partial charge in [-0.2, -0.15) is 0 Å². The summed E-state index contributed by atoms with van der Waals surface area (Å²) < 4.78 is 6.59. The molecule has 6 nitrogen and oxygen atoms in total. The minimum absolute atomic E-state index is 0.164. The molecule has 2 aromatic heterocycles. The van der Waals surface area contributed by atoms with Crippen molar-refractivity contribution >= 4 is 16.9 Å². The number of hydrogen-bond donors (Lipinski definition) is 1. The minimum Gasteiger partial charge on any atom is -0.431 e. The molecule has 0 bridgehead atoms. The van der Waals surface area contributed by atoms with E-state index in [1.807, 2.05) is 43.3 Å². The average molecular weight is 348 g/mol. The highest BCUT2D eigenvalue weighted by molar-refractivity contribution is 5.85. The fourth-order valence-electron chi connectivity index (χ4n) is 4.01. The highest BCUT2D eigenvalue weighted by Crippen LogP contribution is 2.38. The van der Waals surface area contributed by atoms with Gasteiger partial charge in [0.2, 0.25) is 6.29 Å². The zero-order valence-electron chi connectivity index (χ0n) is 14.1. The van der Waals surface area contributed by atoms with Crippen molar-refractivity contribution in [3.8, 4) is 11.4 Å². The van der Waals surface area contributed by atoms with Crippen LogP contribution < -0.4 is 5.56 Å². The van der Waals surface area contributed by atoms with E-state index in [1.54, 1.807) is 4.57 Å². The minimum atomic E-state index is -1.51. The Labute approximate surface area is 148 Å². The van der Waals surface area contributed by atoms with Gasteiger partial charge in [0.25, 0.3) is 5.56 Å². The summed E-state index contributed by atoms with van der Waals surface area (Å²) in [5.41, 5.74) is 3.65. The number of ether oxygens (including phenoxy) is 1. The molecule has 0 amide bonds. The summed E-state index contributed by atoms with van der Waals surface area (Å²) in [6.07, 6.45) is -1.01. The third-order valence-corrected chi connectivity index (χ3v) is 5.29. The van der Waals surface area contributed by atoms with Gasteiger partial charge in [0.15, 0.2) is 0 Å². The third-order valence-electron chi connectivity index (χ3n) is 5.29. The van der Waals surface area contributed by atoms with Crippen LogP contribution in [0.5, 0.6) is 0 Å². The van der Waals surface area contributed by atoms with Crippen molar-refractivity contribution in [3.63, 3.8) is 0 Å². The van der Waals surface area contributed by atoms with Crippen LogP contribution in [-0.4, -0.2) is 20.6 Å². The number of para-hydroxylation sites is 1. The van der Waals surface area contributed by atoms with Crippen LogP contribution in [0.25, 0.3) is 22.3 Å². The summed E-state index contributed by atoms with van der Waals surface area (Å²) in [5, 5.41) is 11.2. The van der Waals surface area contributed by atoms with Crippen molar-refractivity contribution in [2.24, 2.45) is 0 Å². The standard InChI is InChI=1S/C20H16N2O4/c1-2-12-13-8-15-17-11(7-10-5-3-4-6-14(10)21-17)9-22(15)18(23)16(13)20(25)26-19(12)24/h3-8,12,20,25H,2,9H2,1H3. The highest BCUT2D eigenvalue weighted by atomic mass is 16.6. The molecule has 3 aromatic rings. The number of hydrogen-bond acceptors (Lipinski definition) is 5. The first-order valence-corrected chi connectivity index (χ1v) is 8.63. The first-order valence-electron chi connectivity index (χ1n) is 8.63. The number of aromatic nitrogens is 2. The van der Waals surface area contributed by atoms with E-state index in [-0.39, 0.29) is 11.1 Å². The van der Waals surface area contributed by atoms with E-state index in [2.05, 4.69) is 0 Å². The van der Waals surface area contributed by atoms with Crippen LogP contribution >= 0.6 is 0 Å². The molecule has 0 aliphatic carbocycles. The summed E-state index contributed by atoms with van der Waals surface area (Å²) in [5.74, 6) is -1.04. The molecule has 2 unspecified atom stereocenters. The van der Waals surface area contributed by atoms with Gasteiger partial charge in [0.1, 0.15) is 0 Å². The van der Waals surface area contributed by atoms with Gasteiger partial charge in [0.05, 0.1) is 34.9 Å². The molecule has 0 spiro atoms. The molecule has 1 N–H and O–H groups in total. The number of cyclic esters (lactones) is 1. The van der Waals surface area contributed by atoms with Crippen molar-refractivity contribution in [3.05, 3.63) is 63.4 Å². The lowest BCUT2D eigenvalue weighted by Crippen LogP contribution is -2.35. The Balaban J connectivity index is 1.80. The number of carbonyl (C=O) groups is 1. The van der Waals surface area contributed by atoms with Crippen molar-refractivity contribution in [1.29, 1.82) is 0 Å². The number of pyridine rings is 2. The van der Waals surface area contributed by atoms with Crippen LogP contribution in [0, 0.1) is 0 Å². The van der Waals surface area contributed by atoms with Gasteiger partial charge in [-0.25, -0.2) is 4.98 Å². The van der Waals surface area contributed by atoms with Gasteiger partial charge in [-0.15, -0.1) is 0 Å². The number of carbonyl (C=O) groups excluding carboxylic acids is 1. The number of aliphatic hydroxyl groups excluding tert-OH is 1. The number of fused-ring (bicyclic) bond motifs is 5. The van der Waals surface area contributed by atoms with E-state index in [1.165, 1.54) is 0 Å². The van der Waals surface area contributed by atoms with Crippen LogP contribution in [0.4, 0.5) is 0 Å². The summed E-state index contributed by atoms with van der Waals surface area (Å²) in [4.78, 5) is 29.9. The lowest BCUT2D eigenvalue weighted by atomic mass is 9.90. The van der Waals surface area contributed by atoms with Crippen LogP contribution in [0.1, 0.15) is 42.2 Å². The first-order chi connectivity index (χ1) is 12.6. The second-order valence-corrected chi connectivity index (χ2v) is 6.73. The summed E-state index contributed by atoms with van der Waals surface area (Å²) in [6, 6.07) is 11.7. The Morgan fingerprint density at radius 3 is 2.88 bits per heavy atom. The maximum Gasteiger partial charge on any atom is 0.315 e. The van der Waals surface area contributed by atoms with Crippen LogP contribution in [0.2, 0.25) is 0 Å². The predicted molar refractivity (Wildman–Crippen MR) is 94.6 cm³/mol. The molecule has 2 aliphatic rings. The molecule has 5 rings (SSSR count). The van der Waals surface area contributed by atoms with Gasteiger partial charge in [-0.1, -0.05) is 25.1 Å². The molecule has 6 heteroatoms. The second-order valence-electron chi connectivity index (χ2n) is 6.73. The van der Waals surface area contributed by atoms with Crippen molar-refractivity contribution in [2.45, 2.75) is 32.1 Å². The van der Waals surface area contributed by atoms with Gasteiger partial charge in [-0.3, -0.25) is 9.59 Å². The molecule has 0 fully saturated rings. The molecule has 2 aliphatic heterocycles. The third kappa shape index (κ3) is 1.93. The number of aliphatic hydroxyl groups is 1. The molecule has 1 aromatic carbocycles. The largest absolute Gasteiger partial charge is 0.431 e. The topological polar surface area (TPSA) is 81.4 Å². The van der Waals surface area contributed by atoms with Crippen LogP contribution in [-0.2, 0) is 16.1 Å². The average Bonchev–Trinajstić information content (AvgIpc) is 2.98. The van der Waals surface area contributed by atoms with Crippen LogP contribution in [0.15, 0.2) is 41.2 Å². The lowest BCUT2D eigenvalue weighted by Gasteiger charge is -2.27. The van der Waals surface area contributed by atoms with Gasteiger partial charge in [-0.05, 0) is 30.2 Å². The van der Waals surface area contributed by atoms with Crippen molar-refractivity contribution < 1.29 is 14.6 Å². The quantitative estimate of drug-likeness (QED) is 0.535. The summed E-state index contributed by atoms with van der Waals surface area (Å²) >= 11 is 0. The molecule has 130 valence electrons. The molecule has 0 radical (unpaired) electrons. The SMILES string of the molecule is CCC1C(=O)OC(O)c2c1cc1n(c2=O)Cc2cc3ccccc3nc2-1. The summed E-state index contributed by atoms with van der Waals surface area (Å²) in [7, 11) is 0. The highest BCUT2D eigenvalue weighted by Gasteiger charge is 2.38. The predicted octanol–water partition coefficient (Wildman–Crippen LogP) is 2.47.